The van der Waals surface area contributed by atoms with E-state index in [-0.39, 0.29) is 5.91 Å². The topological polar surface area (TPSA) is 56.8 Å². The van der Waals surface area contributed by atoms with Crippen molar-refractivity contribution in [3.05, 3.63) is 59.7 Å². The molecule has 0 saturated heterocycles. The van der Waals surface area contributed by atoms with Gasteiger partial charge in [0, 0.05) is 6.08 Å². The summed E-state index contributed by atoms with van der Waals surface area (Å²) in [6.45, 7) is 5.56. The van der Waals surface area contributed by atoms with E-state index >= 15 is 0 Å². The van der Waals surface area contributed by atoms with Crippen molar-refractivity contribution >= 4 is 12.0 Å². The monoisotopic (exact) mass is 369 g/mol. The van der Waals surface area contributed by atoms with Crippen LogP contribution in [-0.4, -0.2) is 32.8 Å². The second-order valence-electron chi connectivity index (χ2n) is 6.04. The zero-order chi connectivity index (χ0) is 19.5. The molecule has 27 heavy (non-hydrogen) atoms. The minimum Gasteiger partial charge on any atom is -0.493 e. The van der Waals surface area contributed by atoms with Crippen LogP contribution in [0.4, 0.5) is 0 Å². The molecule has 0 aliphatic carbocycles. The van der Waals surface area contributed by atoms with Crippen LogP contribution in [0.5, 0.6) is 17.2 Å². The molecule has 0 aliphatic heterocycles. The van der Waals surface area contributed by atoms with Gasteiger partial charge >= 0.3 is 0 Å². The fourth-order valence-corrected chi connectivity index (χ4v) is 2.33. The predicted octanol–water partition coefficient (Wildman–Crippen LogP) is 4.00. The molecule has 0 aromatic heterocycles. The zero-order valence-electron chi connectivity index (χ0n) is 16.2. The van der Waals surface area contributed by atoms with Crippen molar-refractivity contribution in [2.75, 3.05) is 26.9 Å². The fraction of sp³-hybridized carbons (Fsp3) is 0.318. The van der Waals surface area contributed by atoms with E-state index in [2.05, 4.69) is 5.32 Å². The highest BCUT2D eigenvalue weighted by atomic mass is 16.5. The van der Waals surface area contributed by atoms with Crippen LogP contribution in [0.15, 0.2) is 48.5 Å². The molecule has 144 valence electrons. The second-order valence-corrected chi connectivity index (χ2v) is 6.04. The Bertz CT molecular complexity index is 753. The van der Waals surface area contributed by atoms with Crippen LogP contribution < -0.4 is 19.5 Å². The number of methoxy groups -OCH3 is 1. The van der Waals surface area contributed by atoms with E-state index in [4.69, 9.17) is 14.2 Å². The Morgan fingerprint density at radius 2 is 1.81 bits per heavy atom. The molecule has 0 aliphatic rings. The van der Waals surface area contributed by atoms with Gasteiger partial charge in [0.1, 0.15) is 12.4 Å². The lowest BCUT2D eigenvalue weighted by Crippen LogP contribution is -2.26. The highest BCUT2D eigenvalue weighted by Gasteiger charge is 2.04. The molecule has 2 aromatic rings. The van der Waals surface area contributed by atoms with Crippen molar-refractivity contribution in [1.29, 1.82) is 0 Å². The maximum atomic E-state index is 11.9. The van der Waals surface area contributed by atoms with E-state index in [1.165, 1.54) is 11.6 Å². The fourth-order valence-electron chi connectivity index (χ4n) is 2.33. The first-order valence-electron chi connectivity index (χ1n) is 9.08. The van der Waals surface area contributed by atoms with E-state index in [1.54, 1.807) is 13.2 Å². The van der Waals surface area contributed by atoms with Gasteiger partial charge in [-0.2, -0.15) is 0 Å². The molecule has 1 amide bonds. The smallest absolute Gasteiger partial charge is 0.244 e. The van der Waals surface area contributed by atoms with Crippen LogP contribution in [0.3, 0.4) is 0 Å². The van der Waals surface area contributed by atoms with E-state index in [1.807, 2.05) is 56.3 Å². The van der Waals surface area contributed by atoms with Gasteiger partial charge in [0.2, 0.25) is 5.91 Å². The SMILES string of the molecule is CCCOc1ccc(/C=C/C(=O)NCCOc2ccc(C)cc2)cc1OC. The lowest BCUT2D eigenvalue weighted by molar-refractivity contribution is -0.116. The third-order valence-corrected chi connectivity index (χ3v) is 3.77. The first-order chi connectivity index (χ1) is 13.1. The summed E-state index contributed by atoms with van der Waals surface area (Å²) in [6, 6.07) is 13.4. The summed E-state index contributed by atoms with van der Waals surface area (Å²) in [4.78, 5) is 11.9. The first kappa shape index (κ1) is 20.4. The second kappa shape index (κ2) is 10.9. The van der Waals surface area contributed by atoms with Crippen molar-refractivity contribution in [2.24, 2.45) is 0 Å². The Labute approximate surface area is 161 Å². The molecule has 0 spiro atoms. The maximum Gasteiger partial charge on any atom is 0.244 e. The molecule has 0 bridgehead atoms. The number of ether oxygens (including phenoxy) is 3. The van der Waals surface area contributed by atoms with Gasteiger partial charge in [-0.25, -0.2) is 0 Å². The van der Waals surface area contributed by atoms with E-state index < -0.39 is 0 Å². The van der Waals surface area contributed by atoms with Crippen LogP contribution in [0.1, 0.15) is 24.5 Å². The van der Waals surface area contributed by atoms with Gasteiger partial charge in [0.25, 0.3) is 0 Å². The Balaban J connectivity index is 1.79. The lowest BCUT2D eigenvalue weighted by Gasteiger charge is -2.10. The quantitative estimate of drug-likeness (QED) is 0.508. The van der Waals surface area contributed by atoms with Gasteiger partial charge in [-0.1, -0.05) is 30.7 Å². The third-order valence-electron chi connectivity index (χ3n) is 3.77. The molecule has 0 heterocycles. The van der Waals surface area contributed by atoms with Crippen LogP contribution in [0.2, 0.25) is 0 Å². The standard InChI is InChI=1S/C22H27NO4/c1-4-14-27-20-11-7-18(16-21(20)25-3)8-12-22(24)23-13-15-26-19-9-5-17(2)6-10-19/h5-12,16H,4,13-15H2,1-3H3,(H,23,24)/b12-8+. The molecular formula is C22H27NO4. The van der Waals surface area contributed by atoms with Crippen LogP contribution in [0.25, 0.3) is 6.08 Å². The van der Waals surface area contributed by atoms with Gasteiger partial charge in [0.15, 0.2) is 11.5 Å². The Morgan fingerprint density at radius 3 is 2.52 bits per heavy atom. The summed E-state index contributed by atoms with van der Waals surface area (Å²) in [5.74, 6) is 1.97. The highest BCUT2D eigenvalue weighted by Crippen LogP contribution is 2.28. The predicted molar refractivity (Wildman–Crippen MR) is 107 cm³/mol. The highest BCUT2D eigenvalue weighted by molar-refractivity contribution is 5.91. The average Bonchev–Trinajstić information content (AvgIpc) is 2.69. The average molecular weight is 369 g/mol. The molecule has 1 N–H and O–H groups in total. The molecule has 0 atom stereocenters. The number of carbonyl (C=O) groups is 1. The van der Waals surface area contributed by atoms with Crippen LogP contribution in [-0.2, 0) is 4.79 Å². The molecule has 5 heteroatoms. The molecule has 2 rings (SSSR count). The van der Waals surface area contributed by atoms with Crippen molar-refractivity contribution in [1.82, 2.24) is 5.32 Å². The number of nitrogens with one attached hydrogen (secondary N) is 1. The molecule has 0 fully saturated rings. The normalized spacial score (nSPS) is 10.6. The number of benzene rings is 2. The Hall–Kier alpha value is -2.95. The summed E-state index contributed by atoms with van der Waals surface area (Å²) in [7, 11) is 1.60. The summed E-state index contributed by atoms with van der Waals surface area (Å²) in [5.41, 5.74) is 2.05. The summed E-state index contributed by atoms with van der Waals surface area (Å²) < 4.78 is 16.5. The van der Waals surface area contributed by atoms with Crippen molar-refractivity contribution in [3.63, 3.8) is 0 Å². The van der Waals surface area contributed by atoms with Crippen molar-refractivity contribution in [3.8, 4) is 17.2 Å². The molecule has 5 nitrogen and oxygen atoms in total. The van der Waals surface area contributed by atoms with Crippen LogP contribution >= 0.6 is 0 Å². The molecular weight excluding hydrogens is 342 g/mol. The molecule has 0 radical (unpaired) electrons. The summed E-state index contributed by atoms with van der Waals surface area (Å²) in [5, 5.41) is 2.80. The Morgan fingerprint density at radius 1 is 1.04 bits per heavy atom. The minimum absolute atomic E-state index is 0.173. The van der Waals surface area contributed by atoms with Crippen molar-refractivity contribution in [2.45, 2.75) is 20.3 Å². The largest absolute Gasteiger partial charge is 0.493 e. The summed E-state index contributed by atoms with van der Waals surface area (Å²) >= 11 is 0. The summed E-state index contributed by atoms with van der Waals surface area (Å²) in [6.07, 6.45) is 4.16. The minimum atomic E-state index is -0.173. The van der Waals surface area contributed by atoms with Crippen molar-refractivity contribution < 1.29 is 19.0 Å². The zero-order valence-corrected chi connectivity index (χ0v) is 16.2. The molecule has 2 aromatic carbocycles. The Kier molecular flexibility index (Phi) is 8.23. The van der Waals surface area contributed by atoms with E-state index in [0.717, 1.165) is 17.7 Å². The number of hydrogen-bond donors (Lipinski definition) is 1. The van der Waals surface area contributed by atoms with Gasteiger partial charge in [-0.05, 0) is 49.2 Å². The molecule has 0 saturated carbocycles. The van der Waals surface area contributed by atoms with Gasteiger partial charge < -0.3 is 19.5 Å². The van der Waals surface area contributed by atoms with Gasteiger partial charge in [0.05, 0.1) is 20.3 Å². The first-order valence-corrected chi connectivity index (χ1v) is 9.08. The van der Waals surface area contributed by atoms with E-state index in [9.17, 15) is 4.79 Å². The van der Waals surface area contributed by atoms with Gasteiger partial charge in [-0.15, -0.1) is 0 Å². The number of carbonyl (C=O) groups excluding carboxylic acids is 1. The van der Waals surface area contributed by atoms with Crippen LogP contribution in [0, 0.1) is 6.92 Å². The number of amides is 1. The maximum absolute atomic E-state index is 11.9. The third kappa shape index (κ3) is 7.05. The van der Waals surface area contributed by atoms with E-state index in [0.29, 0.717) is 31.3 Å². The number of hydrogen-bond acceptors (Lipinski definition) is 4. The number of rotatable bonds is 10. The number of aryl methyl sites for hydroxylation is 1. The lowest BCUT2D eigenvalue weighted by atomic mass is 10.2. The van der Waals surface area contributed by atoms with Gasteiger partial charge in [-0.3, -0.25) is 4.79 Å². The molecule has 0 unspecified atom stereocenters.